The molecule has 3 N–H and O–H groups in total. The van der Waals surface area contributed by atoms with Crippen LogP contribution in [0.4, 0.5) is 8.78 Å². The molecule has 0 bridgehead atoms. The topological polar surface area (TPSA) is 86.6 Å². The van der Waals surface area contributed by atoms with Crippen LogP contribution >= 0.6 is 0 Å². The molecule has 0 aromatic carbocycles. The van der Waals surface area contributed by atoms with Crippen LogP contribution in [0.5, 0.6) is 0 Å². The summed E-state index contributed by atoms with van der Waals surface area (Å²) in [7, 11) is 0. The number of amides is 1. The van der Waals surface area contributed by atoms with Crippen molar-refractivity contribution in [1.82, 2.24) is 5.32 Å². The average Bonchev–Trinajstić information content (AvgIpc) is 2.92. The first kappa shape index (κ1) is 11.8. The van der Waals surface area contributed by atoms with Gasteiger partial charge in [-0.25, -0.2) is 8.78 Å². The van der Waals surface area contributed by atoms with Crippen molar-refractivity contribution in [2.24, 2.45) is 11.8 Å². The van der Waals surface area contributed by atoms with Crippen molar-refractivity contribution in [3.8, 4) is 0 Å². The highest BCUT2D eigenvalue weighted by atomic mass is 19.3. The van der Waals surface area contributed by atoms with E-state index in [1.807, 2.05) is 0 Å². The Morgan fingerprint density at radius 2 is 2.00 bits per heavy atom. The first-order chi connectivity index (χ1) is 6.93. The zero-order valence-electron chi connectivity index (χ0n) is 7.69. The van der Waals surface area contributed by atoms with Crippen LogP contribution in [0.2, 0.25) is 0 Å². The normalized spacial score (nSPS) is 26.1. The monoisotopic (exact) mass is 223 g/mol. The first-order valence-corrected chi connectivity index (χ1v) is 4.40. The predicted molar refractivity (Wildman–Crippen MR) is 44.3 cm³/mol. The maximum Gasteiger partial charge on any atom is 0.307 e. The Kier molecular flexibility index (Phi) is 3.57. The van der Waals surface area contributed by atoms with Crippen LogP contribution in [0.1, 0.15) is 6.42 Å². The molecule has 1 aliphatic rings. The van der Waals surface area contributed by atoms with Gasteiger partial charge in [0, 0.05) is 6.54 Å². The second-order valence-corrected chi connectivity index (χ2v) is 3.43. The van der Waals surface area contributed by atoms with Gasteiger partial charge in [-0.15, -0.1) is 0 Å². The molecular formula is C8H11F2NO4. The number of carbonyl (C=O) groups is 2. The summed E-state index contributed by atoms with van der Waals surface area (Å²) in [5, 5.41) is 19.2. The Labute approximate surface area is 84.1 Å². The van der Waals surface area contributed by atoms with E-state index in [4.69, 9.17) is 10.2 Å². The van der Waals surface area contributed by atoms with E-state index in [-0.39, 0.29) is 6.42 Å². The number of carboxylic acid groups (broad SMARTS) is 1. The van der Waals surface area contributed by atoms with Crippen molar-refractivity contribution in [3.05, 3.63) is 0 Å². The number of aliphatic carboxylic acids is 1. The van der Waals surface area contributed by atoms with Crippen molar-refractivity contribution in [3.63, 3.8) is 0 Å². The van der Waals surface area contributed by atoms with Gasteiger partial charge >= 0.3 is 5.97 Å². The lowest BCUT2D eigenvalue weighted by molar-refractivity contribution is -0.140. The third-order valence-corrected chi connectivity index (χ3v) is 2.22. The molecule has 0 saturated heterocycles. The van der Waals surface area contributed by atoms with Gasteiger partial charge in [-0.1, -0.05) is 0 Å². The van der Waals surface area contributed by atoms with Crippen molar-refractivity contribution in [1.29, 1.82) is 0 Å². The molecule has 1 saturated carbocycles. The Bertz CT molecular complexity index is 271. The second kappa shape index (κ2) is 4.52. The lowest BCUT2D eigenvalue weighted by Gasteiger charge is -2.10. The Hall–Kier alpha value is -1.24. The molecular weight excluding hydrogens is 212 g/mol. The third kappa shape index (κ3) is 3.12. The Morgan fingerprint density at radius 3 is 2.40 bits per heavy atom. The van der Waals surface area contributed by atoms with Gasteiger partial charge < -0.3 is 15.5 Å². The fourth-order valence-corrected chi connectivity index (χ4v) is 1.18. The summed E-state index contributed by atoms with van der Waals surface area (Å²) in [6, 6.07) is 0. The van der Waals surface area contributed by atoms with Crippen LogP contribution in [-0.2, 0) is 9.59 Å². The minimum Gasteiger partial charge on any atom is -0.481 e. The fraction of sp³-hybridized carbons (Fsp3) is 0.750. The average molecular weight is 223 g/mol. The van der Waals surface area contributed by atoms with Crippen molar-refractivity contribution in [2.75, 3.05) is 6.54 Å². The van der Waals surface area contributed by atoms with Crippen LogP contribution in [0.3, 0.4) is 0 Å². The summed E-state index contributed by atoms with van der Waals surface area (Å²) in [4.78, 5) is 21.5. The van der Waals surface area contributed by atoms with Crippen LogP contribution in [0, 0.1) is 11.8 Å². The highest BCUT2D eigenvalue weighted by Gasteiger charge is 2.48. The van der Waals surface area contributed by atoms with Gasteiger partial charge in [0.1, 0.15) is 6.10 Å². The standard InChI is InChI=1S/C8H11F2NO4/c9-6(10)5(12)2-11-7(13)3-1-4(3)8(14)15/h3-6,12H,1-2H2,(H,11,13)(H,14,15)/t3-,4+,5?/m1/s1. The SMILES string of the molecule is O=C(O)[C@H]1C[C@H]1C(=O)NCC(O)C(F)F. The van der Waals surface area contributed by atoms with Crippen LogP contribution in [0.15, 0.2) is 0 Å². The maximum absolute atomic E-state index is 11.8. The van der Waals surface area contributed by atoms with E-state index in [0.29, 0.717) is 0 Å². The number of rotatable bonds is 5. The highest BCUT2D eigenvalue weighted by Crippen LogP contribution is 2.38. The molecule has 0 radical (unpaired) electrons. The molecule has 1 unspecified atom stereocenters. The van der Waals surface area contributed by atoms with Crippen LogP contribution < -0.4 is 5.32 Å². The number of hydrogen-bond donors (Lipinski definition) is 3. The minimum absolute atomic E-state index is 0.228. The smallest absolute Gasteiger partial charge is 0.307 e. The summed E-state index contributed by atoms with van der Waals surface area (Å²) >= 11 is 0. The molecule has 3 atom stereocenters. The summed E-state index contributed by atoms with van der Waals surface area (Å²) in [5.74, 6) is -3.02. The van der Waals surface area contributed by atoms with Gasteiger partial charge in [-0.3, -0.25) is 9.59 Å². The van der Waals surface area contributed by atoms with Gasteiger partial charge in [0.25, 0.3) is 6.43 Å². The zero-order chi connectivity index (χ0) is 11.6. The molecule has 1 amide bonds. The van der Waals surface area contributed by atoms with E-state index in [9.17, 15) is 18.4 Å². The molecule has 15 heavy (non-hydrogen) atoms. The molecule has 0 aliphatic heterocycles. The van der Waals surface area contributed by atoms with E-state index in [1.165, 1.54) is 0 Å². The molecule has 7 heteroatoms. The van der Waals surface area contributed by atoms with Gasteiger partial charge in [0.2, 0.25) is 5.91 Å². The molecule has 0 aromatic rings. The van der Waals surface area contributed by atoms with E-state index in [2.05, 4.69) is 5.32 Å². The van der Waals surface area contributed by atoms with E-state index in [0.717, 1.165) is 0 Å². The number of carbonyl (C=O) groups excluding carboxylic acids is 1. The quantitative estimate of drug-likeness (QED) is 0.583. The first-order valence-electron chi connectivity index (χ1n) is 4.40. The van der Waals surface area contributed by atoms with Crippen LogP contribution in [-0.4, -0.2) is 41.2 Å². The predicted octanol–water partition coefficient (Wildman–Crippen LogP) is -0.551. The Balaban J connectivity index is 2.24. The highest BCUT2D eigenvalue weighted by molar-refractivity contribution is 5.89. The molecule has 86 valence electrons. The second-order valence-electron chi connectivity index (χ2n) is 3.43. The summed E-state index contributed by atoms with van der Waals surface area (Å²) < 4.78 is 23.6. The number of hydrogen-bond acceptors (Lipinski definition) is 3. The summed E-state index contributed by atoms with van der Waals surface area (Å²) in [5.41, 5.74) is 0. The van der Waals surface area contributed by atoms with Crippen molar-refractivity contribution < 1.29 is 28.6 Å². The number of halogens is 2. The minimum atomic E-state index is -2.92. The molecule has 1 aliphatic carbocycles. The number of aliphatic hydroxyl groups is 1. The molecule has 0 heterocycles. The van der Waals surface area contributed by atoms with E-state index in [1.54, 1.807) is 0 Å². The summed E-state index contributed by atoms with van der Waals surface area (Å²) in [6.07, 6.45) is -4.60. The number of aliphatic hydroxyl groups excluding tert-OH is 1. The van der Waals surface area contributed by atoms with Gasteiger partial charge in [0.15, 0.2) is 0 Å². The van der Waals surface area contributed by atoms with Crippen molar-refractivity contribution >= 4 is 11.9 Å². The van der Waals surface area contributed by atoms with Gasteiger partial charge in [0.05, 0.1) is 11.8 Å². The lowest BCUT2D eigenvalue weighted by atomic mass is 10.3. The Morgan fingerprint density at radius 1 is 1.40 bits per heavy atom. The zero-order valence-corrected chi connectivity index (χ0v) is 7.69. The molecule has 1 rings (SSSR count). The number of nitrogens with one attached hydrogen (secondary N) is 1. The van der Waals surface area contributed by atoms with E-state index >= 15 is 0 Å². The lowest BCUT2D eigenvalue weighted by Crippen LogP contribution is -2.37. The molecule has 1 fully saturated rings. The van der Waals surface area contributed by atoms with Gasteiger partial charge in [-0.05, 0) is 6.42 Å². The maximum atomic E-state index is 11.8. The molecule has 0 aromatic heterocycles. The van der Waals surface area contributed by atoms with Crippen LogP contribution in [0.25, 0.3) is 0 Å². The van der Waals surface area contributed by atoms with Crippen molar-refractivity contribution in [2.45, 2.75) is 19.0 Å². The summed E-state index contributed by atoms with van der Waals surface area (Å²) in [6.45, 7) is -0.556. The third-order valence-electron chi connectivity index (χ3n) is 2.22. The largest absolute Gasteiger partial charge is 0.481 e. The fourth-order valence-electron chi connectivity index (χ4n) is 1.18. The molecule has 0 spiro atoms. The van der Waals surface area contributed by atoms with Gasteiger partial charge in [-0.2, -0.15) is 0 Å². The van der Waals surface area contributed by atoms with E-state index < -0.39 is 42.8 Å². The number of alkyl halides is 2. The number of carboxylic acids is 1. The molecule has 5 nitrogen and oxygen atoms in total.